The summed E-state index contributed by atoms with van der Waals surface area (Å²) in [5.41, 5.74) is 0.506. The van der Waals surface area contributed by atoms with Crippen LogP contribution in [-0.4, -0.2) is 27.8 Å². The molecule has 0 radical (unpaired) electrons. The van der Waals surface area contributed by atoms with E-state index in [1.165, 1.54) is 25.3 Å². The number of amides is 1. The summed E-state index contributed by atoms with van der Waals surface area (Å²) in [5.74, 6) is -0.527. The first-order chi connectivity index (χ1) is 15.1. The summed E-state index contributed by atoms with van der Waals surface area (Å²) in [6.45, 7) is 0. The molecule has 3 aromatic carbocycles. The molecule has 7 nitrogen and oxygen atoms in total. The number of carbonyl (C=O) groups excluding carboxylic acids is 1. The molecule has 0 unspecified atom stereocenters. The molecular formula is C21H17F3N2O5S. The van der Waals surface area contributed by atoms with Crippen molar-refractivity contribution in [3.05, 3.63) is 78.4 Å². The van der Waals surface area contributed by atoms with Crippen LogP contribution in [-0.2, 0) is 10.0 Å². The first-order valence-corrected chi connectivity index (χ1v) is 10.5. The van der Waals surface area contributed by atoms with Crippen molar-refractivity contribution >= 4 is 27.3 Å². The summed E-state index contributed by atoms with van der Waals surface area (Å²) in [6.07, 6.45) is -4.89. The number of benzene rings is 3. The summed E-state index contributed by atoms with van der Waals surface area (Å²) < 4.78 is 73.3. The van der Waals surface area contributed by atoms with Gasteiger partial charge in [-0.15, -0.1) is 13.2 Å². The highest BCUT2D eigenvalue weighted by molar-refractivity contribution is 7.92. The van der Waals surface area contributed by atoms with Crippen LogP contribution in [0, 0.1) is 0 Å². The van der Waals surface area contributed by atoms with Crippen LogP contribution in [0.25, 0.3) is 0 Å². The van der Waals surface area contributed by atoms with E-state index in [1.807, 2.05) is 0 Å². The van der Waals surface area contributed by atoms with Gasteiger partial charge in [0.05, 0.1) is 23.3 Å². The van der Waals surface area contributed by atoms with Crippen LogP contribution >= 0.6 is 0 Å². The fourth-order valence-electron chi connectivity index (χ4n) is 2.67. The lowest BCUT2D eigenvalue weighted by atomic mass is 10.1. The molecule has 0 aliphatic rings. The minimum absolute atomic E-state index is 0.00544. The van der Waals surface area contributed by atoms with Crippen LogP contribution in [0.1, 0.15) is 10.4 Å². The second kappa shape index (κ2) is 9.18. The average Bonchev–Trinajstić information content (AvgIpc) is 2.73. The number of methoxy groups -OCH3 is 1. The molecule has 3 aromatic rings. The third-order valence-corrected chi connectivity index (χ3v) is 5.51. The largest absolute Gasteiger partial charge is 0.573 e. The molecule has 3 rings (SSSR count). The van der Waals surface area contributed by atoms with Gasteiger partial charge in [0, 0.05) is 5.69 Å². The van der Waals surface area contributed by atoms with E-state index in [0.29, 0.717) is 11.4 Å². The van der Waals surface area contributed by atoms with Crippen molar-refractivity contribution in [3.8, 4) is 11.5 Å². The molecule has 0 saturated carbocycles. The van der Waals surface area contributed by atoms with Crippen LogP contribution in [0.2, 0.25) is 0 Å². The Labute approximate surface area is 181 Å². The van der Waals surface area contributed by atoms with E-state index in [0.717, 1.165) is 24.3 Å². The molecule has 0 fully saturated rings. The van der Waals surface area contributed by atoms with Crippen LogP contribution in [0.15, 0.2) is 77.7 Å². The van der Waals surface area contributed by atoms with Gasteiger partial charge in [0.2, 0.25) is 0 Å². The predicted molar refractivity (Wildman–Crippen MR) is 111 cm³/mol. The summed E-state index contributed by atoms with van der Waals surface area (Å²) in [7, 11) is -2.69. The van der Waals surface area contributed by atoms with Gasteiger partial charge in [0.1, 0.15) is 11.5 Å². The Morgan fingerprint density at radius 3 is 2.06 bits per heavy atom. The first-order valence-electron chi connectivity index (χ1n) is 9.00. The van der Waals surface area contributed by atoms with E-state index in [1.54, 1.807) is 30.3 Å². The standard InChI is InChI=1S/C21H17F3N2O5S/c1-30-15-8-6-14(7-9-15)25-20(27)18-4-2-3-5-19(18)26-32(28,29)17-12-10-16(11-13-17)31-21(22,23)24/h2-13,26H,1H3,(H,25,27). The number of rotatable bonds is 7. The quantitative estimate of drug-likeness (QED) is 0.529. The fraction of sp³-hybridized carbons (Fsp3) is 0.0952. The van der Waals surface area contributed by atoms with Crippen molar-refractivity contribution in [2.24, 2.45) is 0 Å². The summed E-state index contributed by atoms with van der Waals surface area (Å²) in [5, 5.41) is 2.65. The van der Waals surface area contributed by atoms with Crippen molar-refractivity contribution in [2.45, 2.75) is 11.3 Å². The van der Waals surface area contributed by atoms with Gasteiger partial charge in [-0.2, -0.15) is 0 Å². The van der Waals surface area contributed by atoms with Crippen molar-refractivity contribution in [1.82, 2.24) is 0 Å². The maximum absolute atomic E-state index is 12.7. The number of carbonyl (C=O) groups is 1. The monoisotopic (exact) mass is 466 g/mol. The highest BCUT2D eigenvalue weighted by Gasteiger charge is 2.31. The molecule has 0 atom stereocenters. The minimum atomic E-state index is -4.89. The lowest BCUT2D eigenvalue weighted by Crippen LogP contribution is -2.19. The molecule has 1 amide bonds. The summed E-state index contributed by atoms with van der Waals surface area (Å²) in [6, 6.07) is 16.1. The second-order valence-corrected chi connectivity index (χ2v) is 8.04. The normalized spacial score (nSPS) is 11.5. The Morgan fingerprint density at radius 2 is 1.47 bits per heavy atom. The zero-order chi connectivity index (χ0) is 23.4. The van der Waals surface area contributed by atoms with Crippen molar-refractivity contribution in [3.63, 3.8) is 0 Å². The van der Waals surface area contributed by atoms with Crippen molar-refractivity contribution in [1.29, 1.82) is 0 Å². The fourth-order valence-corrected chi connectivity index (χ4v) is 3.75. The maximum atomic E-state index is 12.7. The molecule has 0 aliphatic carbocycles. The van der Waals surface area contributed by atoms with Gasteiger partial charge in [-0.05, 0) is 60.7 Å². The molecule has 32 heavy (non-hydrogen) atoms. The van der Waals surface area contributed by atoms with Gasteiger partial charge in [-0.3, -0.25) is 9.52 Å². The van der Waals surface area contributed by atoms with E-state index in [4.69, 9.17) is 4.74 Å². The maximum Gasteiger partial charge on any atom is 0.573 e. The number of nitrogens with one attached hydrogen (secondary N) is 2. The number of anilines is 2. The molecule has 168 valence electrons. The van der Waals surface area contributed by atoms with Crippen molar-refractivity contribution in [2.75, 3.05) is 17.1 Å². The summed E-state index contributed by atoms with van der Waals surface area (Å²) in [4.78, 5) is 12.4. The Hall–Kier alpha value is -3.73. The SMILES string of the molecule is COc1ccc(NC(=O)c2ccccc2NS(=O)(=O)c2ccc(OC(F)(F)F)cc2)cc1. The molecule has 0 aromatic heterocycles. The Bertz CT molecular complexity index is 1200. The molecule has 0 heterocycles. The average molecular weight is 466 g/mol. The van der Waals surface area contributed by atoms with Gasteiger partial charge < -0.3 is 14.8 Å². The number of hydrogen-bond acceptors (Lipinski definition) is 5. The van der Waals surface area contributed by atoms with Crippen molar-refractivity contribution < 1.29 is 35.9 Å². The molecule has 2 N–H and O–H groups in total. The Balaban J connectivity index is 1.79. The number of ether oxygens (including phenoxy) is 2. The van der Waals surface area contributed by atoms with Crippen LogP contribution in [0.3, 0.4) is 0 Å². The lowest BCUT2D eigenvalue weighted by molar-refractivity contribution is -0.274. The van der Waals surface area contributed by atoms with E-state index in [-0.39, 0.29) is 16.1 Å². The third-order valence-electron chi connectivity index (χ3n) is 4.13. The predicted octanol–water partition coefficient (Wildman–Crippen LogP) is 4.65. The van der Waals surface area contributed by atoms with Gasteiger partial charge in [0.15, 0.2) is 0 Å². The van der Waals surface area contributed by atoms with E-state index < -0.39 is 28.0 Å². The molecular weight excluding hydrogens is 449 g/mol. The first kappa shape index (κ1) is 22.9. The number of para-hydroxylation sites is 1. The van der Waals surface area contributed by atoms with E-state index in [9.17, 15) is 26.4 Å². The molecule has 0 saturated heterocycles. The smallest absolute Gasteiger partial charge is 0.497 e. The Morgan fingerprint density at radius 1 is 0.875 bits per heavy atom. The lowest BCUT2D eigenvalue weighted by Gasteiger charge is -2.14. The van der Waals surface area contributed by atoms with Crippen LogP contribution in [0.5, 0.6) is 11.5 Å². The molecule has 0 aliphatic heterocycles. The zero-order valence-electron chi connectivity index (χ0n) is 16.5. The Kier molecular flexibility index (Phi) is 6.58. The number of sulfonamides is 1. The third kappa shape index (κ3) is 5.91. The minimum Gasteiger partial charge on any atom is -0.497 e. The van der Waals surface area contributed by atoms with Gasteiger partial charge in [-0.1, -0.05) is 12.1 Å². The number of halogens is 3. The topological polar surface area (TPSA) is 93.7 Å². The number of hydrogen-bond donors (Lipinski definition) is 2. The second-order valence-electron chi connectivity index (χ2n) is 6.35. The van der Waals surface area contributed by atoms with Gasteiger partial charge in [-0.25, -0.2) is 8.42 Å². The highest BCUT2D eigenvalue weighted by Crippen LogP contribution is 2.26. The van der Waals surface area contributed by atoms with Crippen LogP contribution < -0.4 is 19.5 Å². The summed E-state index contributed by atoms with van der Waals surface area (Å²) >= 11 is 0. The zero-order valence-corrected chi connectivity index (χ0v) is 17.3. The van der Waals surface area contributed by atoms with E-state index >= 15 is 0 Å². The van der Waals surface area contributed by atoms with E-state index in [2.05, 4.69) is 14.8 Å². The number of alkyl halides is 3. The molecule has 11 heteroatoms. The molecule has 0 spiro atoms. The highest BCUT2D eigenvalue weighted by atomic mass is 32.2. The molecule has 0 bridgehead atoms. The van der Waals surface area contributed by atoms with Gasteiger partial charge in [0.25, 0.3) is 15.9 Å². The van der Waals surface area contributed by atoms with Crippen LogP contribution in [0.4, 0.5) is 24.5 Å². The van der Waals surface area contributed by atoms with Gasteiger partial charge >= 0.3 is 6.36 Å².